The van der Waals surface area contributed by atoms with Crippen molar-refractivity contribution in [3.05, 3.63) is 23.2 Å². The average Bonchev–Trinajstić information content (AvgIpc) is 2.67. The van der Waals surface area contributed by atoms with E-state index < -0.39 is 0 Å². The van der Waals surface area contributed by atoms with Gasteiger partial charge in [-0.3, -0.25) is 4.79 Å². The Labute approximate surface area is 120 Å². The van der Waals surface area contributed by atoms with Gasteiger partial charge in [0.25, 0.3) is 5.91 Å². The van der Waals surface area contributed by atoms with E-state index in [-0.39, 0.29) is 24.4 Å². The zero-order chi connectivity index (χ0) is 13.3. The van der Waals surface area contributed by atoms with Crippen molar-refractivity contribution in [2.75, 3.05) is 13.1 Å². The zero-order valence-electron chi connectivity index (χ0n) is 11.8. The summed E-state index contributed by atoms with van der Waals surface area (Å²) in [5.74, 6) is 1.89. The number of carbonyl (C=O) groups excluding carboxylic acids is 1. The maximum Gasteiger partial charge on any atom is 0.290 e. The smallest absolute Gasteiger partial charge is 0.290 e. The molecular weight excluding hydrogens is 264 g/mol. The van der Waals surface area contributed by atoms with Crippen molar-refractivity contribution in [3.63, 3.8) is 0 Å². The van der Waals surface area contributed by atoms with Crippen molar-refractivity contribution >= 4 is 18.3 Å². The van der Waals surface area contributed by atoms with E-state index in [1.807, 2.05) is 24.8 Å². The van der Waals surface area contributed by atoms with Crippen molar-refractivity contribution in [1.82, 2.24) is 4.90 Å². The third-order valence-electron chi connectivity index (χ3n) is 3.75. The number of hydrogen-bond acceptors (Lipinski definition) is 3. The summed E-state index contributed by atoms with van der Waals surface area (Å²) < 4.78 is 5.52. The molecule has 1 aliphatic rings. The van der Waals surface area contributed by atoms with Crippen molar-refractivity contribution in [2.24, 2.45) is 11.7 Å². The lowest BCUT2D eigenvalue weighted by molar-refractivity contribution is 0.0539. The molecule has 0 saturated carbocycles. The molecule has 1 fully saturated rings. The molecule has 0 radical (unpaired) electrons. The molecule has 19 heavy (non-hydrogen) atoms. The molecule has 4 nitrogen and oxygen atoms in total. The highest BCUT2D eigenvalue weighted by Gasteiger charge is 2.31. The predicted octanol–water partition coefficient (Wildman–Crippen LogP) is 2.52. The molecule has 2 heterocycles. The summed E-state index contributed by atoms with van der Waals surface area (Å²) in [7, 11) is 0. The molecule has 2 N–H and O–H groups in total. The number of piperidine rings is 1. The SMILES string of the molecule is Cc1cc(C)c(C(=O)N2CCC(C)CC2CN)o1.Cl. The number of amides is 1. The molecule has 2 rings (SSSR count). The van der Waals surface area contributed by atoms with E-state index in [0.717, 1.165) is 30.7 Å². The molecule has 1 aromatic rings. The van der Waals surface area contributed by atoms with Gasteiger partial charge in [0.1, 0.15) is 5.76 Å². The normalized spacial score (nSPS) is 23.1. The van der Waals surface area contributed by atoms with Crippen molar-refractivity contribution in [1.29, 1.82) is 0 Å². The number of furan rings is 1. The van der Waals surface area contributed by atoms with E-state index in [1.54, 1.807) is 0 Å². The van der Waals surface area contributed by atoms with Crippen LogP contribution in [0.3, 0.4) is 0 Å². The van der Waals surface area contributed by atoms with Crippen LogP contribution in [-0.4, -0.2) is 29.9 Å². The van der Waals surface area contributed by atoms with Crippen molar-refractivity contribution in [3.8, 4) is 0 Å². The van der Waals surface area contributed by atoms with Crippen LogP contribution in [0.1, 0.15) is 41.6 Å². The van der Waals surface area contributed by atoms with E-state index >= 15 is 0 Å². The average molecular weight is 287 g/mol. The molecule has 1 aliphatic heterocycles. The summed E-state index contributed by atoms with van der Waals surface area (Å²) in [5, 5.41) is 0. The molecule has 108 valence electrons. The topological polar surface area (TPSA) is 59.5 Å². The second-order valence-electron chi connectivity index (χ2n) is 5.39. The van der Waals surface area contributed by atoms with Crippen LogP contribution in [0.5, 0.6) is 0 Å². The second kappa shape index (κ2) is 6.44. The van der Waals surface area contributed by atoms with E-state index in [2.05, 4.69) is 6.92 Å². The molecule has 1 amide bonds. The predicted molar refractivity (Wildman–Crippen MR) is 77.7 cm³/mol. The number of nitrogens with zero attached hydrogens (tertiary/aromatic N) is 1. The molecule has 0 aliphatic carbocycles. The van der Waals surface area contributed by atoms with Crippen LogP contribution in [0.25, 0.3) is 0 Å². The fourth-order valence-electron chi connectivity index (χ4n) is 2.73. The number of nitrogens with two attached hydrogens (primary N) is 1. The second-order valence-corrected chi connectivity index (χ2v) is 5.39. The van der Waals surface area contributed by atoms with Crippen molar-refractivity contribution in [2.45, 2.75) is 39.7 Å². The minimum atomic E-state index is -0.0112. The summed E-state index contributed by atoms with van der Waals surface area (Å²) in [6.07, 6.45) is 2.03. The molecule has 0 spiro atoms. The van der Waals surface area contributed by atoms with Gasteiger partial charge in [0.15, 0.2) is 5.76 Å². The highest BCUT2D eigenvalue weighted by molar-refractivity contribution is 5.93. The summed E-state index contributed by atoms with van der Waals surface area (Å²) in [6.45, 7) is 7.29. The molecule has 1 saturated heterocycles. The molecule has 1 aromatic heterocycles. The zero-order valence-corrected chi connectivity index (χ0v) is 12.6. The summed E-state index contributed by atoms with van der Waals surface area (Å²) in [6, 6.07) is 2.04. The van der Waals surface area contributed by atoms with Gasteiger partial charge in [0.05, 0.1) is 0 Å². The van der Waals surface area contributed by atoms with Crippen LogP contribution < -0.4 is 5.73 Å². The largest absolute Gasteiger partial charge is 0.456 e. The van der Waals surface area contributed by atoms with Gasteiger partial charge in [-0.05, 0) is 38.7 Å². The molecule has 0 bridgehead atoms. The Morgan fingerprint density at radius 2 is 2.21 bits per heavy atom. The third-order valence-corrected chi connectivity index (χ3v) is 3.75. The van der Waals surface area contributed by atoms with E-state index in [0.29, 0.717) is 18.2 Å². The molecule has 2 atom stereocenters. The first kappa shape index (κ1) is 16.1. The Hall–Kier alpha value is -1.00. The van der Waals surface area contributed by atoms with Gasteiger partial charge in [-0.25, -0.2) is 0 Å². The van der Waals surface area contributed by atoms with Gasteiger partial charge in [0.2, 0.25) is 0 Å². The molecule has 5 heteroatoms. The van der Waals surface area contributed by atoms with Crippen LogP contribution in [0.4, 0.5) is 0 Å². The van der Waals surface area contributed by atoms with Crippen LogP contribution in [0, 0.1) is 19.8 Å². The lowest BCUT2D eigenvalue weighted by Gasteiger charge is -2.37. The Kier molecular flexibility index (Phi) is 5.44. The minimum Gasteiger partial charge on any atom is -0.456 e. The molecule has 0 aromatic carbocycles. The lowest BCUT2D eigenvalue weighted by Crippen LogP contribution is -2.49. The van der Waals surface area contributed by atoms with Crippen LogP contribution in [-0.2, 0) is 0 Å². The highest BCUT2D eigenvalue weighted by Crippen LogP contribution is 2.25. The first-order valence-corrected chi connectivity index (χ1v) is 6.61. The van der Waals surface area contributed by atoms with Crippen molar-refractivity contribution < 1.29 is 9.21 Å². The standard InChI is InChI=1S/C14H22N2O2.ClH/c1-9-4-5-16(12(6-9)8-15)14(17)13-10(2)7-11(3)18-13;/h7,9,12H,4-6,8,15H2,1-3H3;1H. The fourth-order valence-corrected chi connectivity index (χ4v) is 2.73. The van der Waals surface area contributed by atoms with E-state index in [4.69, 9.17) is 10.2 Å². The number of likely N-dealkylation sites (tertiary alicyclic amines) is 1. The summed E-state index contributed by atoms with van der Waals surface area (Å²) >= 11 is 0. The maximum absolute atomic E-state index is 12.5. The Bertz CT molecular complexity index is 445. The van der Waals surface area contributed by atoms with Crippen LogP contribution in [0.15, 0.2) is 10.5 Å². The summed E-state index contributed by atoms with van der Waals surface area (Å²) in [5.41, 5.74) is 6.70. The van der Waals surface area contributed by atoms with Gasteiger partial charge >= 0.3 is 0 Å². The van der Waals surface area contributed by atoms with Gasteiger partial charge in [-0.2, -0.15) is 0 Å². The minimum absolute atomic E-state index is 0. The third kappa shape index (κ3) is 3.31. The first-order chi connectivity index (χ1) is 8.52. The number of aryl methyl sites for hydroxylation is 2. The Morgan fingerprint density at radius 1 is 1.53 bits per heavy atom. The van der Waals surface area contributed by atoms with Gasteiger partial charge in [-0.1, -0.05) is 6.92 Å². The quantitative estimate of drug-likeness (QED) is 0.909. The van der Waals surface area contributed by atoms with E-state index in [1.165, 1.54) is 0 Å². The molecular formula is C14H23ClN2O2. The monoisotopic (exact) mass is 286 g/mol. The summed E-state index contributed by atoms with van der Waals surface area (Å²) in [4.78, 5) is 14.4. The van der Waals surface area contributed by atoms with Gasteiger partial charge in [0, 0.05) is 24.7 Å². The van der Waals surface area contributed by atoms with Gasteiger partial charge < -0.3 is 15.1 Å². The highest BCUT2D eigenvalue weighted by atomic mass is 35.5. The Balaban J connectivity index is 0.00000180. The number of carbonyl (C=O) groups is 1. The fraction of sp³-hybridized carbons (Fsp3) is 0.643. The maximum atomic E-state index is 12.5. The van der Waals surface area contributed by atoms with E-state index in [9.17, 15) is 4.79 Å². The first-order valence-electron chi connectivity index (χ1n) is 6.61. The van der Waals surface area contributed by atoms with Crippen LogP contribution >= 0.6 is 12.4 Å². The Morgan fingerprint density at radius 3 is 2.74 bits per heavy atom. The number of hydrogen-bond donors (Lipinski definition) is 1. The van der Waals surface area contributed by atoms with Gasteiger partial charge in [-0.15, -0.1) is 12.4 Å². The lowest BCUT2D eigenvalue weighted by atomic mass is 9.92. The number of halogens is 1. The van der Waals surface area contributed by atoms with Crippen LogP contribution in [0.2, 0.25) is 0 Å². The number of rotatable bonds is 2. The molecule has 2 unspecified atom stereocenters.